The fourth-order valence-electron chi connectivity index (χ4n) is 1.37. The Labute approximate surface area is 104 Å². The highest BCUT2D eigenvalue weighted by atomic mass is 16.5. The number of hydrogen-bond donors (Lipinski definition) is 1. The maximum absolute atomic E-state index is 11.4. The summed E-state index contributed by atoms with van der Waals surface area (Å²) < 4.78 is 15.1. The molecule has 0 saturated carbocycles. The van der Waals surface area contributed by atoms with Gasteiger partial charge in [0.15, 0.2) is 0 Å². The van der Waals surface area contributed by atoms with Crippen LogP contribution in [0.4, 0.5) is 0 Å². The van der Waals surface area contributed by atoms with Crippen molar-refractivity contribution in [1.29, 1.82) is 0 Å². The summed E-state index contributed by atoms with van der Waals surface area (Å²) in [5, 5.41) is 3.14. The quantitative estimate of drug-likeness (QED) is 0.435. The molecule has 0 bridgehead atoms. The summed E-state index contributed by atoms with van der Waals surface area (Å²) in [7, 11) is 3.07. The largest absolute Gasteiger partial charge is 0.468 e. The van der Waals surface area contributed by atoms with Crippen LogP contribution in [0, 0.1) is 0 Å². The smallest absolute Gasteiger partial charge is 0.322 e. The maximum atomic E-state index is 11.4. The van der Waals surface area contributed by atoms with E-state index >= 15 is 0 Å². The zero-order valence-corrected chi connectivity index (χ0v) is 11.2. The molecule has 5 heteroatoms. The van der Waals surface area contributed by atoms with Crippen molar-refractivity contribution < 1.29 is 19.0 Å². The fourth-order valence-corrected chi connectivity index (χ4v) is 1.37. The highest BCUT2D eigenvalue weighted by Crippen LogP contribution is 1.97. The number of carbonyl (C=O) groups excluding carboxylic acids is 1. The van der Waals surface area contributed by atoms with Crippen LogP contribution in [-0.2, 0) is 19.0 Å². The molecule has 1 unspecified atom stereocenters. The predicted molar refractivity (Wildman–Crippen MR) is 66.0 cm³/mol. The average molecular weight is 247 g/mol. The second-order valence-electron chi connectivity index (χ2n) is 3.78. The molecule has 17 heavy (non-hydrogen) atoms. The van der Waals surface area contributed by atoms with E-state index in [4.69, 9.17) is 14.2 Å². The van der Waals surface area contributed by atoms with Crippen molar-refractivity contribution in [3.8, 4) is 0 Å². The van der Waals surface area contributed by atoms with Crippen molar-refractivity contribution in [3.05, 3.63) is 0 Å². The second-order valence-corrected chi connectivity index (χ2v) is 3.78. The molecule has 0 fully saturated rings. The van der Waals surface area contributed by atoms with Gasteiger partial charge in [0.05, 0.1) is 7.11 Å². The third-order valence-electron chi connectivity index (χ3n) is 2.31. The number of carbonyl (C=O) groups is 1. The predicted octanol–water partition coefficient (Wildman–Crippen LogP) is 0.971. The molecule has 0 aliphatic rings. The molecular formula is C12H25NO4. The van der Waals surface area contributed by atoms with Crippen LogP contribution in [0.2, 0.25) is 0 Å². The molecule has 0 aromatic carbocycles. The zero-order chi connectivity index (χ0) is 12.9. The third kappa shape index (κ3) is 9.09. The number of esters is 1. The van der Waals surface area contributed by atoms with E-state index in [9.17, 15) is 4.79 Å². The monoisotopic (exact) mass is 247 g/mol. The summed E-state index contributed by atoms with van der Waals surface area (Å²) in [6.07, 6.45) is 2.50. The minimum Gasteiger partial charge on any atom is -0.468 e. The summed E-state index contributed by atoms with van der Waals surface area (Å²) in [5.41, 5.74) is 0. The Balaban J connectivity index is 3.64. The molecule has 0 amide bonds. The first-order valence-electron chi connectivity index (χ1n) is 6.14. The molecule has 5 nitrogen and oxygen atoms in total. The molecule has 0 aliphatic heterocycles. The maximum Gasteiger partial charge on any atom is 0.322 e. The minimum absolute atomic E-state index is 0.223. The molecule has 0 saturated heterocycles. The van der Waals surface area contributed by atoms with E-state index in [-0.39, 0.29) is 12.0 Å². The molecule has 102 valence electrons. The number of methoxy groups -OCH3 is 2. The van der Waals surface area contributed by atoms with E-state index in [0.717, 1.165) is 19.4 Å². The van der Waals surface area contributed by atoms with Gasteiger partial charge in [-0.05, 0) is 25.8 Å². The third-order valence-corrected chi connectivity index (χ3v) is 2.31. The van der Waals surface area contributed by atoms with Crippen molar-refractivity contribution in [2.45, 2.75) is 32.2 Å². The normalized spacial score (nSPS) is 12.4. The summed E-state index contributed by atoms with van der Waals surface area (Å²) >= 11 is 0. The molecule has 0 aromatic rings. The number of hydrogen-bond acceptors (Lipinski definition) is 5. The Hall–Kier alpha value is -0.650. The topological polar surface area (TPSA) is 56.8 Å². The zero-order valence-electron chi connectivity index (χ0n) is 11.2. The first-order valence-corrected chi connectivity index (χ1v) is 6.14. The van der Waals surface area contributed by atoms with Crippen molar-refractivity contribution in [1.82, 2.24) is 5.32 Å². The summed E-state index contributed by atoms with van der Waals surface area (Å²) in [6, 6.07) is -0.262. The Morgan fingerprint density at radius 3 is 2.59 bits per heavy atom. The van der Waals surface area contributed by atoms with Crippen LogP contribution in [0.25, 0.3) is 0 Å². The van der Waals surface area contributed by atoms with Crippen molar-refractivity contribution in [2.24, 2.45) is 0 Å². The first kappa shape index (κ1) is 16.4. The Kier molecular flexibility index (Phi) is 11.4. The van der Waals surface area contributed by atoms with Crippen LogP contribution in [0.1, 0.15) is 26.2 Å². The van der Waals surface area contributed by atoms with Gasteiger partial charge in [-0.15, -0.1) is 0 Å². The second kappa shape index (κ2) is 11.8. The van der Waals surface area contributed by atoms with Crippen LogP contribution in [-0.4, -0.2) is 52.6 Å². The van der Waals surface area contributed by atoms with E-state index in [2.05, 4.69) is 12.2 Å². The van der Waals surface area contributed by atoms with E-state index < -0.39 is 0 Å². The molecule has 0 radical (unpaired) electrons. The lowest BCUT2D eigenvalue weighted by atomic mass is 10.2. The summed E-state index contributed by atoms with van der Waals surface area (Å²) in [5.74, 6) is -0.223. The standard InChI is InChI=1S/C12H25NO4/c1-4-7-13-11(12(14)16-3)6-10-17-9-5-8-15-2/h11,13H,4-10H2,1-3H3. The Bertz CT molecular complexity index is 187. The van der Waals surface area contributed by atoms with Gasteiger partial charge in [-0.2, -0.15) is 0 Å². The van der Waals surface area contributed by atoms with Gasteiger partial charge in [0, 0.05) is 26.9 Å². The van der Waals surface area contributed by atoms with E-state index in [1.165, 1.54) is 7.11 Å². The molecule has 0 rings (SSSR count). The van der Waals surface area contributed by atoms with Crippen molar-refractivity contribution >= 4 is 5.97 Å². The lowest BCUT2D eigenvalue weighted by Crippen LogP contribution is -2.39. The number of ether oxygens (including phenoxy) is 3. The number of nitrogens with one attached hydrogen (secondary N) is 1. The highest BCUT2D eigenvalue weighted by Gasteiger charge is 2.17. The molecule has 0 aliphatic carbocycles. The van der Waals surface area contributed by atoms with Gasteiger partial charge < -0.3 is 19.5 Å². The van der Waals surface area contributed by atoms with E-state index in [1.807, 2.05) is 0 Å². The van der Waals surface area contributed by atoms with Crippen molar-refractivity contribution in [3.63, 3.8) is 0 Å². The van der Waals surface area contributed by atoms with Crippen LogP contribution < -0.4 is 5.32 Å². The first-order chi connectivity index (χ1) is 8.26. The van der Waals surface area contributed by atoms with Gasteiger partial charge in [-0.25, -0.2) is 0 Å². The van der Waals surface area contributed by atoms with Gasteiger partial charge in [-0.3, -0.25) is 4.79 Å². The molecule has 1 atom stereocenters. The van der Waals surface area contributed by atoms with Crippen LogP contribution >= 0.6 is 0 Å². The van der Waals surface area contributed by atoms with E-state index in [1.54, 1.807) is 7.11 Å². The molecule has 0 spiro atoms. The highest BCUT2D eigenvalue weighted by molar-refractivity contribution is 5.75. The Morgan fingerprint density at radius 2 is 2.00 bits per heavy atom. The fraction of sp³-hybridized carbons (Fsp3) is 0.917. The molecular weight excluding hydrogens is 222 g/mol. The van der Waals surface area contributed by atoms with Gasteiger partial charge >= 0.3 is 5.97 Å². The van der Waals surface area contributed by atoms with Crippen LogP contribution in [0.15, 0.2) is 0 Å². The summed E-state index contributed by atoms with van der Waals surface area (Å²) in [4.78, 5) is 11.4. The lowest BCUT2D eigenvalue weighted by Gasteiger charge is -2.15. The van der Waals surface area contributed by atoms with Crippen LogP contribution in [0.5, 0.6) is 0 Å². The SMILES string of the molecule is CCCNC(CCOCCCOC)C(=O)OC. The Morgan fingerprint density at radius 1 is 1.24 bits per heavy atom. The van der Waals surface area contributed by atoms with Gasteiger partial charge in [-0.1, -0.05) is 6.92 Å². The lowest BCUT2D eigenvalue weighted by molar-refractivity contribution is -0.143. The number of rotatable bonds is 11. The van der Waals surface area contributed by atoms with Crippen LogP contribution in [0.3, 0.4) is 0 Å². The van der Waals surface area contributed by atoms with Crippen molar-refractivity contribution in [2.75, 3.05) is 40.6 Å². The van der Waals surface area contributed by atoms with Gasteiger partial charge in [0.2, 0.25) is 0 Å². The van der Waals surface area contributed by atoms with Gasteiger partial charge in [0.1, 0.15) is 6.04 Å². The minimum atomic E-state index is -0.262. The van der Waals surface area contributed by atoms with Gasteiger partial charge in [0.25, 0.3) is 0 Å². The average Bonchev–Trinajstić information content (AvgIpc) is 2.36. The molecule has 0 heterocycles. The molecule has 1 N–H and O–H groups in total. The molecule has 0 aromatic heterocycles. The summed E-state index contributed by atoms with van der Waals surface area (Å²) in [6.45, 7) is 4.79. The van der Waals surface area contributed by atoms with E-state index in [0.29, 0.717) is 26.2 Å².